The molecule has 3 amide bonds. The molecule has 0 aliphatic carbocycles. The lowest BCUT2D eigenvalue weighted by Gasteiger charge is -2.28. The molecule has 6 atom stereocenters. The number of nitrogens with one attached hydrogen (secondary N) is 1. The second-order valence-corrected chi connectivity index (χ2v) is 48.0. The number of halogens is 28. The van der Waals surface area contributed by atoms with E-state index in [9.17, 15) is 210 Å². The lowest BCUT2D eigenvalue weighted by atomic mass is 10.1. The summed E-state index contributed by atoms with van der Waals surface area (Å²) in [5.74, 6) is -23.8. The predicted octanol–water partition coefficient (Wildman–Crippen LogP) is 13.8. The van der Waals surface area contributed by atoms with Crippen molar-refractivity contribution in [3.05, 3.63) is 148 Å². The summed E-state index contributed by atoms with van der Waals surface area (Å²) < 4.78 is 469. The molecule has 0 saturated carbocycles. The molecule has 6 aromatic rings. The van der Waals surface area contributed by atoms with Crippen molar-refractivity contribution in [2.45, 2.75) is 108 Å². The standard InChI is InChI=1S/C16H16F3I3N2O7S.C12H9F3I3NO6S.2C12H10F3IO7S.2C11H10F3IO6S/c1-6(25)23(3)13-10(20)9(11(21)14(12(13)22)24(4)7(2)26)15(27)31-8(16(17,18)19)5-32(28,29)30;1-4(20)19-10-6(17)2-5(16)8(9(10)18)11(21)25-7(12(13,14)15)3-26(22,23)24;1-6(17)22-9-4-7(16)2-3-8(9)11(18)23-10(12(13,14)15)5-24(19,20)21;1-6(17)22-9-4-7(2-3-8(9)16)11(18)23-10(12(13,14)15)5-24(19,20)21;1-20-8-4-6(15)2-3-7(8)10(16)21-9(11(12,13)14)5-22(17,18)19;1-20-8-4-6(2-3-7(8)15)10(16)21-9(11(12,13)14)5-22(17,18)19/h8H,5H2,1-4H3,(H,28,29,30);2,7H,3H2,1H3,(H,19,20)(H,22,23,24);2*2-4,10H,5H2,1H3,(H,19,20,21);2*2-4,9H,5H2,1H3,(H,17,18,19)/p-6. The highest BCUT2D eigenvalue weighted by Gasteiger charge is 2.51. The highest BCUT2D eigenvalue weighted by Crippen LogP contribution is 2.44. The van der Waals surface area contributed by atoms with Gasteiger partial charge in [-0.2, -0.15) is 79.0 Å². The second-order valence-electron chi connectivity index (χ2n) is 27.9. The molecular weight excluding hydrogens is 3360 g/mol. The first-order valence-electron chi connectivity index (χ1n) is 37.4. The van der Waals surface area contributed by atoms with Crippen LogP contribution >= 0.6 is 226 Å². The minimum atomic E-state index is -5.38. The van der Waals surface area contributed by atoms with Crippen molar-refractivity contribution in [3.63, 3.8) is 0 Å². The Morgan fingerprint density at radius 2 is 0.573 bits per heavy atom. The maximum absolute atomic E-state index is 13.2. The maximum atomic E-state index is 13.2. The number of hydrogen-bond acceptors (Lipinski definition) is 39. The average molecular weight is 3420 g/mol. The SMILES string of the molecule is CC(=O)N(C)c1c(I)c(C(=O)OC(CS(=O)(=O)[O-])C(F)(F)F)c(I)c(N(C)C(C)=O)c1I.CC(=O)Nc1c(I)cc(I)c(C(=O)OC(CS(=O)(=O)[O-])C(F)(F)F)c1I.CC(=O)Oc1cc(C(=O)OC(CS(=O)(=O)[O-])C(F)(F)F)ccc1I.CC(=O)Oc1cc(I)ccc1C(=O)OC(CS(=O)(=O)[O-])C(F)(F)F.COc1cc(C(=O)OC(CS(=O)(=O)[O-])C(F)(F)F)ccc1I.COc1cc(I)ccc1C(=O)OC(CS(=O)(=O)[O-])C(F)(F)F. The van der Waals surface area contributed by atoms with E-state index in [1.807, 2.05) is 90.4 Å². The van der Waals surface area contributed by atoms with Crippen LogP contribution in [0.15, 0.2) is 78.9 Å². The summed E-state index contributed by atoms with van der Waals surface area (Å²) in [6.07, 6.45) is -50.1. The highest BCUT2D eigenvalue weighted by atomic mass is 127. The minimum Gasteiger partial charge on any atom is -0.748 e. The molecule has 0 bridgehead atoms. The first-order chi connectivity index (χ1) is 67.4. The number of alkyl halides is 18. The van der Waals surface area contributed by atoms with Gasteiger partial charge in [0.2, 0.25) is 54.3 Å². The Balaban J connectivity index is 0.000000904. The zero-order valence-electron chi connectivity index (χ0n) is 74.6. The fourth-order valence-electron chi connectivity index (χ4n) is 9.62. The van der Waals surface area contributed by atoms with Gasteiger partial charge in [-0.3, -0.25) is 24.0 Å². The number of carbonyl (C=O) groups is 11. The van der Waals surface area contributed by atoms with Gasteiger partial charge in [-0.25, -0.2) is 79.3 Å². The Bertz CT molecular complexity index is 6710. The molecule has 76 heteroatoms. The van der Waals surface area contributed by atoms with Gasteiger partial charge in [0.05, 0.1) is 170 Å². The molecule has 0 aliphatic heterocycles. The fourth-order valence-corrected chi connectivity index (χ4v) is 24.4. The number of esters is 8. The van der Waals surface area contributed by atoms with E-state index >= 15 is 0 Å². The summed E-state index contributed by atoms with van der Waals surface area (Å²) in [5, 5.41) is 2.45. The smallest absolute Gasteiger partial charge is 0.426 e. The minimum absolute atomic E-state index is 0.0331. The number of ether oxygens (including phenoxy) is 10. The van der Waals surface area contributed by atoms with Crippen LogP contribution in [0.25, 0.3) is 0 Å². The van der Waals surface area contributed by atoms with Gasteiger partial charge in [0.25, 0.3) is 0 Å². The van der Waals surface area contributed by atoms with Crippen molar-refractivity contribution in [3.8, 4) is 23.0 Å². The van der Waals surface area contributed by atoms with Crippen molar-refractivity contribution < 1.29 is 257 Å². The first kappa shape index (κ1) is 143. The van der Waals surface area contributed by atoms with Crippen LogP contribution in [0, 0.1) is 35.7 Å². The van der Waals surface area contributed by atoms with Gasteiger partial charge < -0.3 is 89.8 Å². The molecule has 150 heavy (non-hydrogen) atoms. The third-order valence-electron chi connectivity index (χ3n) is 16.2. The summed E-state index contributed by atoms with van der Waals surface area (Å²) in [6, 6.07) is 16.0. The van der Waals surface area contributed by atoms with Crippen molar-refractivity contribution in [2.75, 3.05) is 77.9 Å². The number of benzene rings is 6. The van der Waals surface area contributed by atoms with Crippen LogP contribution < -0.4 is 34.1 Å². The molecule has 0 heterocycles. The normalized spacial score (nSPS) is 13.2. The van der Waals surface area contributed by atoms with E-state index < -0.39 is 251 Å². The van der Waals surface area contributed by atoms with E-state index in [1.165, 1.54) is 104 Å². The molecule has 0 spiro atoms. The van der Waals surface area contributed by atoms with Gasteiger partial charge >= 0.3 is 84.8 Å². The average Bonchev–Trinajstić information content (AvgIpc) is 0.748. The van der Waals surface area contributed by atoms with Crippen molar-refractivity contribution >= 4 is 369 Å². The molecule has 6 aromatic carbocycles. The number of rotatable bonds is 31. The predicted molar refractivity (Wildman–Crippen MR) is 553 cm³/mol. The van der Waals surface area contributed by atoms with Crippen LogP contribution in [0.2, 0.25) is 0 Å². The summed E-state index contributed by atoms with van der Waals surface area (Å²) in [6.45, 7) is 5.74. The number of methoxy groups -OCH3 is 2. The molecule has 1 N–H and O–H groups in total. The molecule has 42 nitrogen and oxygen atoms in total. The molecule has 6 rings (SSSR count). The van der Waals surface area contributed by atoms with Crippen LogP contribution in [0.1, 0.15) is 96.8 Å². The second kappa shape index (κ2) is 58.9. The Kier molecular flexibility index (Phi) is 56.0. The third kappa shape index (κ3) is 51.1. The van der Waals surface area contributed by atoms with Crippen LogP contribution in [0.3, 0.4) is 0 Å². The molecule has 0 radical (unpaired) electrons. The van der Waals surface area contributed by atoms with E-state index in [-0.39, 0.29) is 71.0 Å². The lowest BCUT2D eigenvalue weighted by Crippen LogP contribution is -2.40. The Labute approximate surface area is 971 Å². The molecule has 0 aliphatic rings. The van der Waals surface area contributed by atoms with Crippen LogP contribution in [-0.2, 0) is 113 Å². The number of carbonyl (C=O) groups excluding carboxylic acids is 11. The van der Waals surface area contributed by atoms with E-state index in [1.54, 1.807) is 136 Å². The van der Waals surface area contributed by atoms with Gasteiger partial charge in [-0.1, -0.05) is 0 Å². The third-order valence-corrected chi connectivity index (χ3v) is 29.5. The Morgan fingerprint density at radius 3 is 0.847 bits per heavy atom. The van der Waals surface area contributed by atoms with Crippen molar-refractivity contribution in [1.82, 2.24) is 0 Å². The van der Waals surface area contributed by atoms with E-state index in [0.717, 1.165) is 47.9 Å². The largest absolute Gasteiger partial charge is 0.748 e. The molecule has 0 aromatic heterocycles. The van der Waals surface area contributed by atoms with Crippen molar-refractivity contribution in [2.24, 2.45) is 0 Å². The maximum Gasteiger partial charge on any atom is 0.426 e. The van der Waals surface area contributed by atoms with Crippen LogP contribution in [-0.4, -0.2) is 280 Å². The van der Waals surface area contributed by atoms with Gasteiger partial charge in [0.15, 0.2) is 0 Å². The molecule has 0 fully saturated rings. The Hall–Kier alpha value is -5.41. The van der Waals surface area contributed by atoms with Crippen LogP contribution in [0.4, 0.5) is 96.1 Å². The van der Waals surface area contributed by atoms with E-state index in [2.05, 4.69) is 33.7 Å². The number of amides is 3. The Morgan fingerprint density at radius 1 is 0.313 bits per heavy atom. The fraction of sp³-hybridized carbons (Fsp3) is 0.365. The van der Waals surface area contributed by atoms with Crippen LogP contribution in [0.5, 0.6) is 23.0 Å². The summed E-state index contributed by atoms with van der Waals surface area (Å²) in [7, 11) is -26.5. The van der Waals surface area contributed by atoms with E-state index in [0.29, 0.717) is 21.4 Å². The summed E-state index contributed by atoms with van der Waals surface area (Å²) in [5.41, 5.74) is -1.76. The topological polar surface area (TPSA) is 642 Å². The number of hydrogen-bond donors (Lipinski definition) is 1. The van der Waals surface area contributed by atoms with Crippen molar-refractivity contribution in [1.29, 1.82) is 0 Å². The number of nitrogens with zero attached hydrogens (tertiary/aromatic N) is 2. The first-order valence-corrected chi connectivity index (χ1v) is 57.7. The van der Waals surface area contributed by atoms with Gasteiger partial charge in [-0.15, -0.1) is 0 Å². The summed E-state index contributed by atoms with van der Waals surface area (Å²) in [4.78, 5) is 132. The van der Waals surface area contributed by atoms with Gasteiger partial charge in [0, 0.05) is 63.0 Å². The molecule has 842 valence electrons. The molecule has 0 saturated heterocycles. The summed E-state index contributed by atoms with van der Waals surface area (Å²) >= 11 is 17.7. The highest BCUT2D eigenvalue weighted by molar-refractivity contribution is 14.1. The van der Waals surface area contributed by atoms with E-state index in [4.69, 9.17) is 18.9 Å². The monoisotopic (exact) mass is 3420 g/mol. The lowest BCUT2D eigenvalue weighted by molar-refractivity contribution is -0.197. The zero-order chi connectivity index (χ0) is 117. The quantitative estimate of drug-likeness (QED) is 0.0105. The molecular formula is C74H59F18I10N3O39S6-6. The number of anilines is 3. The molecule has 6 unspecified atom stereocenters. The van der Waals surface area contributed by atoms with Gasteiger partial charge in [0.1, 0.15) is 34.1 Å². The van der Waals surface area contributed by atoms with Gasteiger partial charge in [-0.05, 0) is 305 Å². The zero-order valence-corrected chi connectivity index (χ0v) is 101.